The highest BCUT2D eigenvalue weighted by Crippen LogP contribution is 2.31. The Hall–Kier alpha value is -2.42. The Balaban J connectivity index is 0.000000354. The zero-order valence-corrected chi connectivity index (χ0v) is 19.3. The van der Waals surface area contributed by atoms with E-state index < -0.39 is 0 Å². The second-order valence-corrected chi connectivity index (χ2v) is 9.38. The van der Waals surface area contributed by atoms with Crippen LogP contribution in [0.3, 0.4) is 0 Å². The van der Waals surface area contributed by atoms with Gasteiger partial charge in [-0.1, -0.05) is 97.1 Å². The van der Waals surface area contributed by atoms with Crippen LogP contribution in [0.2, 0.25) is 0 Å². The second-order valence-electron chi connectivity index (χ2n) is 9.38. The lowest BCUT2D eigenvalue weighted by atomic mass is 9.89. The second kappa shape index (κ2) is 12.6. The van der Waals surface area contributed by atoms with Gasteiger partial charge in [0.1, 0.15) is 0 Å². The first-order chi connectivity index (χ1) is 15.9. The number of nitrogens with zero attached hydrogens (tertiary/aromatic N) is 1. The van der Waals surface area contributed by atoms with E-state index in [1.165, 1.54) is 62.9 Å². The van der Waals surface area contributed by atoms with Crippen molar-refractivity contribution >= 4 is 0 Å². The molecule has 0 radical (unpaired) electrons. The van der Waals surface area contributed by atoms with Gasteiger partial charge >= 0.3 is 0 Å². The highest BCUT2D eigenvalue weighted by molar-refractivity contribution is 5.20. The molecular weight excluding hydrogens is 388 g/mol. The molecule has 0 bridgehead atoms. The Kier molecular flexibility index (Phi) is 8.94. The molecule has 32 heavy (non-hydrogen) atoms. The van der Waals surface area contributed by atoms with Crippen LogP contribution in [0.5, 0.6) is 0 Å². The van der Waals surface area contributed by atoms with Gasteiger partial charge in [0.25, 0.3) is 0 Å². The first-order valence-electron chi connectivity index (χ1n) is 12.4. The van der Waals surface area contributed by atoms with E-state index in [4.69, 9.17) is 0 Å². The van der Waals surface area contributed by atoms with E-state index >= 15 is 0 Å². The first kappa shape index (κ1) is 22.8. The van der Waals surface area contributed by atoms with Crippen LogP contribution in [-0.4, -0.2) is 30.6 Å². The van der Waals surface area contributed by atoms with Crippen LogP contribution in [0.1, 0.15) is 49.1 Å². The van der Waals surface area contributed by atoms with E-state index in [9.17, 15) is 0 Å². The molecule has 1 N–H and O–H groups in total. The van der Waals surface area contributed by atoms with Crippen LogP contribution in [-0.2, 0) is 6.54 Å². The summed E-state index contributed by atoms with van der Waals surface area (Å²) in [5.74, 6) is 1.66. The monoisotopic (exact) mass is 426 g/mol. The van der Waals surface area contributed by atoms with E-state index in [-0.39, 0.29) is 0 Å². The predicted octanol–water partition coefficient (Wildman–Crippen LogP) is 6.51. The minimum Gasteiger partial charge on any atom is -0.310 e. The highest BCUT2D eigenvalue weighted by atomic mass is 15.1. The maximum absolute atomic E-state index is 3.78. The fourth-order valence-electron chi connectivity index (χ4n) is 5.21. The molecule has 0 aromatic heterocycles. The Labute approximate surface area is 194 Å². The SMILES string of the molecule is c1ccc(CNC2CCC(CN3CCC(c4ccccc4)CC3)C2)cc1.c1ccccc1. The normalized spacial score (nSPS) is 21.6. The zero-order valence-electron chi connectivity index (χ0n) is 19.3. The molecule has 2 aliphatic rings. The van der Waals surface area contributed by atoms with Crippen molar-refractivity contribution in [2.75, 3.05) is 19.6 Å². The molecule has 1 aliphatic carbocycles. The largest absolute Gasteiger partial charge is 0.310 e. The molecule has 0 spiro atoms. The Morgan fingerprint density at radius 1 is 0.656 bits per heavy atom. The first-order valence-corrected chi connectivity index (χ1v) is 12.4. The minimum absolute atomic E-state index is 0.710. The lowest BCUT2D eigenvalue weighted by Gasteiger charge is -2.33. The van der Waals surface area contributed by atoms with Crippen molar-refractivity contribution < 1.29 is 0 Å². The molecule has 1 heterocycles. The van der Waals surface area contributed by atoms with E-state index in [1.54, 1.807) is 0 Å². The van der Waals surface area contributed by atoms with Gasteiger partial charge in [-0.25, -0.2) is 0 Å². The third-order valence-electron chi connectivity index (χ3n) is 7.02. The summed E-state index contributed by atoms with van der Waals surface area (Å²) in [6.07, 6.45) is 6.74. The topological polar surface area (TPSA) is 15.3 Å². The van der Waals surface area contributed by atoms with Crippen molar-refractivity contribution in [1.29, 1.82) is 0 Å². The molecule has 1 saturated carbocycles. The van der Waals surface area contributed by atoms with Gasteiger partial charge in [-0.2, -0.15) is 0 Å². The van der Waals surface area contributed by atoms with Gasteiger partial charge in [0, 0.05) is 19.1 Å². The molecule has 168 valence electrons. The molecule has 3 aromatic rings. The molecule has 2 unspecified atom stereocenters. The number of rotatable bonds is 6. The summed E-state index contributed by atoms with van der Waals surface area (Å²) in [5, 5.41) is 3.78. The minimum atomic E-state index is 0.710. The van der Waals surface area contributed by atoms with E-state index in [2.05, 4.69) is 70.9 Å². The summed E-state index contributed by atoms with van der Waals surface area (Å²) in [6.45, 7) is 4.88. The summed E-state index contributed by atoms with van der Waals surface area (Å²) in [7, 11) is 0. The maximum Gasteiger partial charge on any atom is 0.0208 e. The van der Waals surface area contributed by atoms with Crippen molar-refractivity contribution in [2.24, 2.45) is 5.92 Å². The van der Waals surface area contributed by atoms with Crippen molar-refractivity contribution in [2.45, 2.75) is 50.6 Å². The van der Waals surface area contributed by atoms with Gasteiger partial charge in [0.2, 0.25) is 0 Å². The van der Waals surface area contributed by atoms with Crippen molar-refractivity contribution in [3.8, 4) is 0 Å². The highest BCUT2D eigenvalue weighted by Gasteiger charge is 2.28. The number of piperidine rings is 1. The number of hydrogen-bond donors (Lipinski definition) is 1. The maximum atomic E-state index is 3.78. The number of nitrogens with one attached hydrogen (secondary N) is 1. The quantitative estimate of drug-likeness (QED) is 0.483. The Bertz CT molecular complexity index is 830. The van der Waals surface area contributed by atoms with Crippen LogP contribution in [0.15, 0.2) is 97.1 Å². The molecule has 2 fully saturated rings. The molecule has 5 rings (SSSR count). The molecule has 1 aliphatic heterocycles. The molecule has 1 saturated heterocycles. The Morgan fingerprint density at radius 2 is 1.22 bits per heavy atom. The fraction of sp³-hybridized carbons (Fsp3) is 0.400. The van der Waals surface area contributed by atoms with Crippen LogP contribution in [0, 0.1) is 5.92 Å². The van der Waals surface area contributed by atoms with Gasteiger partial charge in [-0.05, 0) is 68.2 Å². The molecule has 0 amide bonds. The van der Waals surface area contributed by atoms with Gasteiger partial charge in [-0.15, -0.1) is 0 Å². The van der Waals surface area contributed by atoms with E-state index in [1.807, 2.05) is 36.4 Å². The predicted molar refractivity (Wildman–Crippen MR) is 136 cm³/mol. The van der Waals surface area contributed by atoms with Crippen molar-refractivity contribution in [3.05, 3.63) is 108 Å². The summed E-state index contributed by atoms with van der Waals surface area (Å²) in [4.78, 5) is 2.73. The molecule has 2 heteroatoms. The lowest BCUT2D eigenvalue weighted by Crippen LogP contribution is -2.36. The summed E-state index contributed by atoms with van der Waals surface area (Å²) >= 11 is 0. The van der Waals surface area contributed by atoms with Crippen molar-refractivity contribution in [3.63, 3.8) is 0 Å². The summed E-state index contributed by atoms with van der Waals surface area (Å²) in [5.41, 5.74) is 2.94. The molecule has 2 atom stereocenters. The smallest absolute Gasteiger partial charge is 0.0208 e. The number of benzene rings is 3. The third kappa shape index (κ3) is 7.32. The number of hydrogen-bond acceptors (Lipinski definition) is 2. The average molecular weight is 427 g/mol. The van der Waals surface area contributed by atoms with Gasteiger partial charge in [0.05, 0.1) is 0 Å². The van der Waals surface area contributed by atoms with Crippen LogP contribution >= 0.6 is 0 Å². The third-order valence-corrected chi connectivity index (χ3v) is 7.02. The lowest BCUT2D eigenvalue weighted by molar-refractivity contribution is 0.182. The summed E-state index contributed by atoms with van der Waals surface area (Å²) in [6, 6.07) is 34.6. The zero-order chi connectivity index (χ0) is 21.8. The van der Waals surface area contributed by atoms with Crippen molar-refractivity contribution in [1.82, 2.24) is 10.2 Å². The standard InChI is InChI=1S/C24H32N2.C6H6/c1-3-7-20(8-4-1)18-25-24-12-11-21(17-24)19-26-15-13-23(14-16-26)22-9-5-2-6-10-22;1-2-4-6-5-3-1/h1-10,21,23-25H,11-19H2;1-6H. The van der Waals surface area contributed by atoms with Crippen LogP contribution < -0.4 is 5.32 Å². The molecule has 2 nitrogen and oxygen atoms in total. The number of likely N-dealkylation sites (tertiary alicyclic amines) is 1. The van der Waals surface area contributed by atoms with E-state index in [0.29, 0.717) is 6.04 Å². The fourth-order valence-corrected chi connectivity index (χ4v) is 5.21. The molecule has 3 aromatic carbocycles. The average Bonchev–Trinajstić information content (AvgIpc) is 3.33. The van der Waals surface area contributed by atoms with E-state index in [0.717, 1.165) is 18.4 Å². The van der Waals surface area contributed by atoms with Gasteiger partial charge in [-0.3, -0.25) is 0 Å². The Morgan fingerprint density at radius 3 is 1.84 bits per heavy atom. The summed E-state index contributed by atoms with van der Waals surface area (Å²) < 4.78 is 0. The van der Waals surface area contributed by atoms with Gasteiger partial charge < -0.3 is 10.2 Å². The van der Waals surface area contributed by atoms with Crippen LogP contribution in [0.4, 0.5) is 0 Å². The van der Waals surface area contributed by atoms with Gasteiger partial charge in [0.15, 0.2) is 0 Å². The molecular formula is C30H38N2. The van der Waals surface area contributed by atoms with Crippen LogP contribution in [0.25, 0.3) is 0 Å².